The standard InChI is InChI=1S/C20H21N5O2/c1-25-13-17(15-7-3-2-4-8-15)19(24-25)23-20(27)22-11-10-14-6-5-9-16(12-14)18(21)26/h2-9,12-13H,10-11H2,1H3,(H2,21,26)(H2,22,23,24,27). The van der Waals surface area contributed by atoms with E-state index in [1.165, 1.54) is 0 Å². The van der Waals surface area contributed by atoms with Gasteiger partial charge in [-0.05, 0) is 29.7 Å². The lowest BCUT2D eigenvalue weighted by atomic mass is 10.1. The Labute approximate surface area is 157 Å². The molecule has 4 N–H and O–H groups in total. The first-order valence-corrected chi connectivity index (χ1v) is 8.55. The van der Waals surface area contributed by atoms with Gasteiger partial charge in [-0.15, -0.1) is 0 Å². The van der Waals surface area contributed by atoms with Crippen LogP contribution >= 0.6 is 0 Å². The Morgan fingerprint density at radius 2 is 1.89 bits per heavy atom. The lowest BCUT2D eigenvalue weighted by Crippen LogP contribution is -2.30. The van der Waals surface area contributed by atoms with Crippen LogP contribution in [0.5, 0.6) is 0 Å². The van der Waals surface area contributed by atoms with Crippen LogP contribution in [0.2, 0.25) is 0 Å². The van der Waals surface area contributed by atoms with Crippen LogP contribution in [0, 0.1) is 0 Å². The van der Waals surface area contributed by atoms with Crippen molar-refractivity contribution in [2.24, 2.45) is 12.8 Å². The molecule has 27 heavy (non-hydrogen) atoms. The van der Waals surface area contributed by atoms with E-state index in [0.717, 1.165) is 16.7 Å². The van der Waals surface area contributed by atoms with E-state index in [0.29, 0.717) is 24.3 Å². The topological polar surface area (TPSA) is 102 Å². The largest absolute Gasteiger partial charge is 0.366 e. The maximum absolute atomic E-state index is 12.2. The van der Waals surface area contributed by atoms with Crippen molar-refractivity contribution in [3.63, 3.8) is 0 Å². The molecule has 138 valence electrons. The normalized spacial score (nSPS) is 10.4. The van der Waals surface area contributed by atoms with E-state index < -0.39 is 5.91 Å². The summed E-state index contributed by atoms with van der Waals surface area (Å²) in [5.41, 5.74) is 8.49. The van der Waals surface area contributed by atoms with Gasteiger partial charge in [-0.1, -0.05) is 42.5 Å². The Balaban J connectivity index is 1.59. The van der Waals surface area contributed by atoms with Crippen LogP contribution in [0.1, 0.15) is 15.9 Å². The zero-order valence-electron chi connectivity index (χ0n) is 15.0. The molecule has 0 aliphatic carbocycles. The lowest BCUT2D eigenvalue weighted by molar-refractivity contribution is 0.1000. The molecule has 0 fully saturated rings. The molecule has 7 heteroatoms. The number of hydrogen-bond donors (Lipinski definition) is 3. The van der Waals surface area contributed by atoms with Gasteiger partial charge in [0.25, 0.3) is 0 Å². The van der Waals surface area contributed by atoms with Crippen molar-refractivity contribution >= 4 is 17.8 Å². The van der Waals surface area contributed by atoms with Crippen LogP contribution in [0.4, 0.5) is 10.6 Å². The van der Waals surface area contributed by atoms with Crippen molar-refractivity contribution in [2.45, 2.75) is 6.42 Å². The average Bonchev–Trinajstić information content (AvgIpc) is 3.02. The van der Waals surface area contributed by atoms with Crippen molar-refractivity contribution in [1.82, 2.24) is 15.1 Å². The molecule has 3 amide bonds. The third kappa shape index (κ3) is 4.72. The minimum absolute atomic E-state index is 0.336. The number of aryl methyl sites for hydroxylation is 1. The van der Waals surface area contributed by atoms with Crippen LogP contribution in [0.3, 0.4) is 0 Å². The Bertz CT molecular complexity index is 950. The third-order valence-corrected chi connectivity index (χ3v) is 4.06. The first-order valence-electron chi connectivity index (χ1n) is 8.55. The van der Waals surface area contributed by atoms with Gasteiger partial charge in [0.15, 0.2) is 5.82 Å². The molecular formula is C20H21N5O2. The number of carbonyl (C=O) groups is 2. The number of nitrogens with one attached hydrogen (secondary N) is 2. The number of urea groups is 1. The smallest absolute Gasteiger partial charge is 0.320 e. The molecular weight excluding hydrogens is 342 g/mol. The van der Waals surface area contributed by atoms with E-state index in [-0.39, 0.29) is 6.03 Å². The number of rotatable bonds is 6. The van der Waals surface area contributed by atoms with Crippen molar-refractivity contribution in [1.29, 1.82) is 0 Å². The van der Waals surface area contributed by atoms with Gasteiger partial charge in [0.05, 0.1) is 0 Å². The second kappa shape index (κ2) is 8.18. The predicted molar refractivity (Wildman–Crippen MR) is 104 cm³/mol. The summed E-state index contributed by atoms with van der Waals surface area (Å²) >= 11 is 0. The molecule has 0 unspecified atom stereocenters. The Morgan fingerprint density at radius 1 is 1.11 bits per heavy atom. The van der Waals surface area contributed by atoms with Gasteiger partial charge >= 0.3 is 6.03 Å². The van der Waals surface area contributed by atoms with Crippen LogP contribution in [-0.4, -0.2) is 28.3 Å². The van der Waals surface area contributed by atoms with Gasteiger partial charge < -0.3 is 11.1 Å². The lowest BCUT2D eigenvalue weighted by Gasteiger charge is -2.08. The number of benzene rings is 2. The maximum Gasteiger partial charge on any atom is 0.320 e. The van der Waals surface area contributed by atoms with E-state index in [9.17, 15) is 9.59 Å². The summed E-state index contributed by atoms with van der Waals surface area (Å²) in [5, 5.41) is 9.91. The minimum Gasteiger partial charge on any atom is -0.366 e. The maximum atomic E-state index is 12.2. The van der Waals surface area contributed by atoms with Gasteiger partial charge in [0.1, 0.15) is 0 Å². The number of carbonyl (C=O) groups excluding carboxylic acids is 2. The molecule has 7 nitrogen and oxygen atoms in total. The summed E-state index contributed by atoms with van der Waals surface area (Å²) in [6, 6.07) is 16.5. The highest BCUT2D eigenvalue weighted by atomic mass is 16.2. The van der Waals surface area contributed by atoms with Crippen molar-refractivity contribution in [3.8, 4) is 11.1 Å². The second-order valence-corrected chi connectivity index (χ2v) is 6.13. The highest BCUT2D eigenvalue weighted by molar-refractivity contribution is 5.93. The SMILES string of the molecule is Cn1cc(-c2ccccc2)c(NC(=O)NCCc2cccc(C(N)=O)c2)n1. The molecule has 0 radical (unpaired) electrons. The fourth-order valence-electron chi connectivity index (χ4n) is 2.76. The molecule has 3 aromatic rings. The number of hydrogen-bond acceptors (Lipinski definition) is 3. The van der Waals surface area contributed by atoms with E-state index >= 15 is 0 Å². The molecule has 0 bridgehead atoms. The van der Waals surface area contributed by atoms with Crippen molar-refractivity contribution < 1.29 is 9.59 Å². The number of primary amides is 1. The van der Waals surface area contributed by atoms with E-state index in [2.05, 4.69) is 15.7 Å². The molecule has 0 saturated carbocycles. The molecule has 0 atom stereocenters. The Hall–Kier alpha value is -3.61. The van der Waals surface area contributed by atoms with Gasteiger partial charge in [-0.3, -0.25) is 14.8 Å². The average molecular weight is 363 g/mol. The Kier molecular flexibility index (Phi) is 5.51. The zero-order chi connectivity index (χ0) is 19.2. The van der Waals surface area contributed by atoms with Crippen molar-refractivity contribution in [2.75, 3.05) is 11.9 Å². The van der Waals surface area contributed by atoms with E-state index in [1.54, 1.807) is 29.9 Å². The number of amides is 3. The second-order valence-electron chi connectivity index (χ2n) is 6.13. The highest BCUT2D eigenvalue weighted by Gasteiger charge is 2.12. The molecule has 0 aliphatic rings. The molecule has 1 heterocycles. The summed E-state index contributed by atoms with van der Waals surface area (Å²) in [7, 11) is 1.81. The quantitative estimate of drug-likeness (QED) is 0.627. The fraction of sp³-hybridized carbons (Fsp3) is 0.150. The van der Waals surface area contributed by atoms with Crippen LogP contribution in [0.15, 0.2) is 60.8 Å². The Morgan fingerprint density at radius 3 is 2.63 bits per heavy atom. The molecule has 2 aromatic carbocycles. The number of nitrogens with zero attached hydrogens (tertiary/aromatic N) is 2. The number of aromatic nitrogens is 2. The van der Waals surface area contributed by atoms with Gasteiger partial charge in [0.2, 0.25) is 5.91 Å². The van der Waals surface area contributed by atoms with Gasteiger partial charge in [-0.25, -0.2) is 4.79 Å². The summed E-state index contributed by atoms with van der Waals surface area (Å²) in [6.07, 6.45) is 2.45. The van der Waals surface area contributed by atoms with E-state index in [4.69, 9.17) is 5.73 Å². The third-order valence-electron chi connectivity index (χ3n) is 4.06. The first kappa shape index (κ1) is 18.2. The molecule has 0 aliphatic heterocycles. The van der Waals surface area contributed by atoms with Crippen LogP contribution in [0.25, 0.3) is 11.1 Å². The molecule has 1 aromatic heterocycles. The summed E-state index contributed by atoms with van der Waals surface area (Å²) in [4.78, 5) is 23.4. The van der Waals surface area contributed by atoms with Gasteiger partial charge in [-0.2, -0.15) is 5.10 Å². The summed E-state index contributed by atoms with van der Waals surface area (Å²) in [5.74, 6) is 0.0306. The van der Waals surface area contributed by atoms with Crippen molar-refractivity contribution in [3.05, 3.63) is 71.9 Å². The monoisotopic (exact) mass is 363 g/mol. The van der Waals surface area contributed by atoms with Gasteiger partial charge in [0, 0.05) is 30.9 Å². The molecule has 0 spiro atoms. The fourth-order valence-corrected chi connectivity index (χ4v) is 2.76. The highest BCUT2D eigenvalue weighted by Crippen LogP contribution is 2.26. The summed E-state index contributed by atoms with van der Waals surface area (Å²) < 4.78 is 1.66. The van der Waals surface area contributed by atoms with Crippen LogP contribution < -0.4 is 16.4 Å². The number of nitrogens with two attached hydrogens (primary N) is 1. The molecule has 0 saturated heterocycles. The first-order chi connectivity index (χ1) is 13.0. The minimum atomic E-state index is -0.467. The zero-order valence-corrected chi connectivity index (χ0v) is 15.0. The van der Waals surface area contributed by atoms with Crippen LogP contribution in [-0.2, 0) is 13.5 Å². The number of anilines is 1. The van der Waals surface area contributed by atoms with E-state index in [1.807, 2.05) is 42.6 Å². The molecule has 3 rings (SSSR count). The summed E-state index contributed by atoms with van der Waals surface area (Å²) in [6.45, 7) is 0.418. The predicted octanol–water partition coefficient (Wildman–Crippen LogP) is 2.55.